The normalized spacial score (nSPS) is 12.2. The molecule has 0 aromatic heterocycles. The fraction of sp³-hybridized carbons (Fsp3) is 0.417. The minimum atomic E-state index is -3.85. The first kappa shape index (κ1) is 29.2. The molecule has 0 bridgehead atoms. The zero-order valence-corrected chi connectivity index (χ0v) is 23.2. The fourth-order valence-corrected chi connectivity index (χ4v) is 4.86. The highest BCUT2D eigenvalue weighted by Gasteiger charge is 2.31. The Bertz CT molecular complexity index is 1150. The lowest BCUT2D eigenvalue weighted by Gasteiger charge is -2.32. The Balaban J connectivity index is 2.43. The number of carbonyl (C=O) groups is 2. The molecule has 0 aliphatic rings. The fourth-order valence-electron chi connectivity index (χ4n) is 3.32. The summed E-state index contributed by atoms with van der Waals surface area (Å²) in [6.45, 7) is 5.22. The summed E-state index contributed by atoms with van der Waals surface area (Å²) >= 11 is 18.9. The van der Waals surface area contributed by atoms with E-state index in [0.29, 0.717) is 27.2 Å². The van der Waals surface area contributed by atoms with Gasteiger partial charge in [0.25, 0.3) is 0 Å². The SMILES string of the molecule is CCCCNC(=O)[C@H](C)N(Cc1c(Cl)cccc1Cl)C(=O)CN(c1ccc(C)c(Cl)c1)S(C)(=O)=O. The van der Waals surface area contributed by atoms with Crippen molar-refractivity contribution >= 4 is 62.3 Å². The van der Waals surface area contributed by atoms with Crippen molar-refractivity contribution in [1.29, 1.82) is 0 Å². The van der Waals surface area contributed by atoms with E-state index in [9.17, 15) is 18.0 Å². The number of nitrogens with one attached hydrogen (secondary N) is 1. The van der Waals surface area contributed by atoms with Crippen LogP contribution in [0.4, 0.5) is 5.69 Å². The average Bonchev–Trinajstić information content (AvgIpc) is 2.78. The quantitative estimate of drug-likeness (QED) is 0.388. The number of rotatable bonds is 11. The molecule has 2 aromatic rings. The van der Waals surface area contributed by atoms with Crippen LogP contribution in [0.15, 0.2) is 36.4 Å². The van der Waals surface area contributed by atoms with E-state index in [1.807, 2.05) is 6.92 Å². The molecule has 11 heteroatoms. The maximum atomic E-state index is 13.5. The summed E-state index contributed by atoms with van der Waals surface area (Å²) in [5, 5.41) is 3.85. The highest BCUT2D eigenvalue weighted by Crippen LogP contribution is 2.28. The number of aryl methyl sites for hydroxylation is 1. The van der Waals surface area contributed by atoms with Gasteiger partial charge in [-0.1, -0.05) is 60.3 Å². The first-order valence-electron chi connectivity index (χ1n) is 11.1. The van der Waals surface area contributed by atoms with Crippen molar-refractivity contribution in [3.8, 4) is 0 Å². The van der Waals surface area contributed by atoms with Gasteiger partial charge in [-0.2, -0.15) is 0 Å². The number of carbonyl (C=O) groups excluding carboxylic acids is 2. The van der Waals surface area contributed by atoms with Gasteiger partial charge in [0.1, 0.15) is 12.6 Å². The van der Waals surface area contributed by atoms with Crippen molar-refractivity contribution in [2.45, 2.75) is 46.2 Å². The molecular formula is C24H30Cl3N3O4S. The third-order valence-electron chi connectivity index (χ3n) is 5.51. The lowest BCUT2D eigenvalue weighted by molar-refractivity contribution is -0.139. The number of unbranched alkanes of at least 4 members (excludes halogenated alkanes) is 1. The Hall–Kier alpha value is -2.00. The van der Waals surface area contributed by atoms with Gasteiger partial charge in [0, 0.05) is 33.7 Å². The van der Waals surface area contributed by atoms with Gasteiger partial charge < -0.3 is 10.2 Å². The van der Waals surface area contributed by atoms with E-state index < -0.39 is 28.5 Å². The minimum Gasteiger partial charge on any atom is -0.354 e. The molecular weight excluding hydrogens is 533 g/mol. The first-order valence-corrected chi connectivity index (χ1v) is 14.1. The van der Waals surface area contributed by atoms with Gasteiger partial charge in [0.2, 0.25) is 21.8 Å². The molecule has 0 radical (unpaired) electrons. The molecule has 0 fully saturated rings. The molecule has 0 aliphatic carbocycles. The number of benzene rings is 2. The van der Waals surface area contributed by atoms with Gasteiger partial charge in [-0.25, -0.2) is 8.42 Å². The third-order valence-corrected chi connectivity index (χ3v) is 7.77. The van der Waals surface area contributed by atoms with E-state index >= 15 is 0 Å². The largest absolute Gasteiger partial charge is 0.354 e. The van der Waals surface area contributed by atoms with Crippen LogP contribution in [0.5, 0.6) is 0 Å². The van der Waals surface area contributed by atoms with Crippen molar-refractivity contribution in [1.82, 2.24) is 10.2 Å². The molecule has 2 amide bonds. The Labute approximate surface area is 222 Å². The maximum absolute atomic E-state index is 13.5. The standard InChI is InChI=1S/C24H30Cl3N3O4S/c1-5-6-12-28-24(32)17(3)29(14-19-20(25)8-7-9-21(19)26)23(31)15-30(35(4,33)34)18-11-10-16(2)22(27)13-18/h7-11,13,17H,5-6,12,14-15H2,1-4H3,(H,28,32)/t17-/m0/s1. The van der Waals surface area contributed by atoms with Crippen LogP contribution in [0, 0.1) is 6.92 Å². The summed E-state index contributed by atoms with van der Waals surface area (Å²) in [5.41, 5.74) is 1.47. The summed E-state index contributed by atoms with van der Waals surface area (Å²) in [4.78, 5) is 27.7. The first-order chi connectivity index (χ1) is 16.4. The van der Waals surface area contributed by atoms with Gasteiger partial charge in [0.15, 0.2) is 0 Å². The molecule has 0 spiro atoms. The van der Waals surface area contributed by atoms with Crippen molar-refractivity contribution in [2.24, 2.45) is 0 Å². The van der Waals surface area contributed by atoms with Crippen LogP contribution >= 0.6 is 34.8 Å². The maximum Gasteiger partial charge on any atom is 0.244 e. The topological polar surface area (TPSA) is 86.8 Å². The predicted octanol–water partition coefficient (Wildman–Crippen LogP) is 5.05. The van der Waals surface area contributed by atoms with Gasteiger partial charge in [-0.15, -0.1) is 0 Å². The zero-order valence-electron chi connectivity index (χ0n) is 20.1. The molecule has 192 valence electrons. The van der Waals surface area contributed by atoms with Gasteiger partial charge >= 0.3 is 0 Å². The molecule has 7 nitrogen and oxygen atoms in total. The van der Waals surface area contributed by atoms with E-state index in [1.54, 1.807) is 44.2 Å². The minimum absolute atomic E-state index is 0.0774. The summed E-state index contributed by atoms with van der Waals surface area (Å²) in [6.07, 6.45) is 2.69. The van der Waals surface area contributed by atoms with Crippen molar-refractivity contribution in [3.05, 3.63) is 62.6 Å². The highest BCUT2D eigenvalue weighted by molar-refractivity contribution is 7.92. The molecule has 2 aromatic carbocycles. The molecule has 0 saturated carbocycles. The van der Waals surface area contributed by atoms with E-state index in [4.69, 9.17) is 34.8 Å². The van der Waals surface area contributed by atoms with Crippen LogP contribution in [-0.4, -0.2) is 50.5 Å². The summed E-state index contributed by atoms with van der Waals surface area (Å²) in [5.74, 6) is -0.958. The number of hydrogen-bond donors (Lipinski definition) is 1. The van der Waals surface area contributed by atoms with Crippen LogP contribution in [0.3, 0.4) is 0 Å². The number of hydrogen-bond acceptors (Lipinski definition) is 4. The van der Waals surface area contributed by atoms with Crippen LogP contribution < -0.4 is 9.62 Å². The second-order valence-electron chi connectivity index (χ2n) is 8.25. The Morgan fingerprint density at radius 1 is 1.06 bits per heavy atom. The number of nitrogens with zero attached hydrogens (tertiary/aromatic N) is 2. The molecule has 0 unspecified atom stereocenters. The average molecular weight is 563 g/mol. The smallest absolute Gasteiger partial charge is 0.244 e. The van der Waals surface area contributed by atoms with Crippen LogP contribution in [-0.2, 0) is 26.2 Å². The number of sulfonamides is 1. The summed E-state index contributed by atoms with van der Waals surface area (Å²) < 4.78 is 26.2. The van der Waals surface area contributed by atoms with E-state index in [0.717, 1.165) is 29.0 Å². The van der Waals surface area contributed by atoms with Crippen LogP contribution in [0.1, 0.15) is 37.8 Å². The van der Waals surface area contributed by atoms with Crippen LogP contribution in [0.2, 0.25) is 15.1 Å². The number of amides is 2. The highest BCUT2D eigenvalue weighted by atomic mass is 35.5. The van der Waals surface area contributed by atoms with Crippen LogP contribution in [0.25, 0.3) is 0 Å². The Kier molecular flexibility index (Phi) is 10.7. The van der Waals surface area contributed by atoms with Crippen molar-refractivity contribution in [2.75, 3.05) is 23.7 Å². The van der Waals surface area contributed by atoms with Crippen molar-refractivity contribution in [3.63, 3.8) is 0 Å². The molecule has 1 atom stereocenters. The second-order valence-corrected chi connectivity index (χ2v) is 11.4. The molecule has 1 N–H and O–H groups in total. The lowest BCUT2D eigenvalue weighted by atomic mass is 10.1. The summed E-state index contributed by atoms with van der Waals surface area (Å²) in [7, 11) is -3.85. The van der Waals surface area contributed by atoms with Gasteiger partial charge in [-0.3, -0.25) is 13.9 Å². The lowest BCUT2D eigenvalue weighted by Crippen LogP contribution is -2.51. The third kappa shape index (κ3) is 8.00. The summed E-state index contributed by atoms with van der Waals surface area (Å²) in [6, 6.07) is 8.77. The Morgan fingerprint density at radius 3 is 2.23 bits per heavy atom. The molecule has 35 heavy (non-hydrogen) atoms. The Morgan fingerprint density at radius 2 is 1.69 bits per heavy atom. The monoisotopic (exact) mass is 561 g/mol. The zero-order chi connectivity index (χ0) is 26.3. The van der Waals surface area contributed by atoms with Gasteiger partial charge in [-0.05, 0) is 50.1 Å². The number of anilines is 1. The van der Waals surface area contributed by atoms with Gasteiger partial charge in [0.05, 0.1) is 11.9 Å². The molecule has 0 heterocycles. The molecule has 0 aliphatic heterocycles. The number of halogens is 3. The molecule has 0 saturated heterocycles. The van der Waals surface area contributed by atoms with Crippen molar-refractivity contribution < 1.29 is 18.0 Å². The predicted molar refractivity (Wildman–Crippen MR) is 143 cm³/mol. The van der Waals surface area contributed by atoms with E-state index in [1.165, 1.54) is 11.0 Å². The second kappa shape index (κ2) is 12.8. The van der Waals surface area contributed by atoms with E-state index in [2.05, 4.69) is 5.32 Å². The molecule has 2 rings (SSSR count). The van der Waals surface area contributed by atoms with E-state index in [-0.39, 0.29) is 18.1 Å².